The van der Waals surface area contributed by atoms with Crippen LogP contribution in [0.15, 0.2) is 0 Å². The molecule has 1 rings (SSSR count). The smallest absolute Gasteiger partial charge is 0.00952 e. The number of unbranched alkanes of at least 4 members (excludes halogenated alkanes) is 4. The number of likely N-dealkylation sites (tertiary alicyclic amines) is 1. The second kappa shape index (κ2) is 10.7. The molecular formula is C17H36N2. The van der Waals surface area contributed by atoms with Crippen LogP contribution in [0.3, 0.4) is 0 Å². The average Bonchev–Trinajstić information content (AvgIpc) is 2.62. The quantitative estimate of drug-likeness (QED) is 0.631. The maximum absolute atomic E-state index is 6.11. The van der Waals surface area contributed by atoms with Crippen LogP contribution in [0.25, 0.3) is 0 Å². The summed E-state index contributed by atoms with van der Waals surface area (Å²) in [5, 5.41) is 0. The van der Waals surface area contributed by atoms with Gasteiger partial charge in [-0.1, -0.05) is 52.4 Å². The van der Waals surface area contributed by atoms with Gasteiger partial charge in [0.15, 0.2) is 0 Å². The Morgan fingerprint density at radius 1 is 0.947 bits per heavy atom. The van der Waals surface area contributed by atoms with Gasteiger partial charge < -0.3 is 10.6 Å². The Hall–Kier alpha value is -0.0800. The molecule has 0 amide bonds. The van der Waals surface area contributed by atoms with Crippen LogP contribution in [-0.4, -0.2) is 30.1 Å². The molecule has 1 aliphatic rings. The normalized spacial score (nSPS) is 21.8. The lowest BCUT2D eigenvalue weighted by Crippen LogP contribution is -2.36. The Morgan fingerprint density at radius 3 is 2.16 bits per heavy atom. The number of nitrogens with zero attached hydrogens (tertiary/aromatic N) is 1. The number of hydrogen-bond acceptors (Lipinski definition) is 2. The molecule has 19 heavy (non-hydrogen) atoms. The van der Waals surface area contributed by atoms with Crippen LogP contribution < -0.4 is 5.73 Å². The van der Waals surface area contributed by atoms with Crippen LogP contribution >= 0.6 is 0 Å². The first kappa shape index (κ1) is 17.0. The fourth-order valence-corrected chi connectivity index (χ4v) is 3.28. The lowest BCUT2D eigenvalue weighted by molar-refractivity contribution is 0.176. The van der Waals surface area contributed by atoms with Crippen LogP contribution in [0.5, 0.6) is 0 Å². The highest BCUT2D eigenvalue weighted by molar-refractivity contribution is 4.78. The van der Waals surface area contributed by atoms with Gasteiger partial charge in [0.25, 0.3) is 0 Å². The van der Waals surface area contributed by atoms with Gasteiger partial charge in [-0.3, -0.25) is 0 Å². The molecule has 1 aliphatic heterocycles. The van der Waals surface area contributed by atoms with Crippen LogP contribution in [0, 0.1) is 0 Å². The molecule has 0 aromatic carbocycles. The molecule has 1 heterocycles. The van der Waals surface area contributed by atoms with Crippen molar-refractivity contribution in [3.8, 4) is 0 Å². The first-order valence-electron chi connectivity index (χ1n) is 8.77. The standard InChI is InChI=1S/C17H36N2/c1-3-5-7-11-17(12-8-6-4-2)19-14-9-10-16(18)13-15-19/h16-17H,3-15,18H2,1-2H3. The Bertz CT molecular complexity index is 195. The van der Waals surface area contributed by atoms with Crippen molar-refractivity contribution in [3.63, 3.8) is 0 Å². The second-order valence-corrected chi connectivity index (χ2v) is 6.37. The average molecular weight is 268 g/mol. The summed E-state index contributed by atoms with van der Waals surface area (Å²) in [6.45, 7) is 7.13. The molecule has 2 nitrogen and oxygen atoms in total. The summed E-state index contributed by atoms with van der Waals surface area (Å²) in [5.74, 6) is 0. The minimum absolute atomic E-state index is 0.455. The first-order chi connectivity index (χ1) is 9.27. The summed E-state index contributed by atoms with van der Waals surface area (Å²) in [5.41, 5.74) is 6.11. The predicted octanol–water partition coefficient (Wildman–Crippen LogP) is 4.33. The fraction of sp³-hybridized carbons (Fsp3) is 1.00. The minimum Gasteiger partial charge on any atom is -0.328 e. The SMILES string of the molecule is CCCCCC(CCCCC)N1CCCC(N)CC1. The van der Waals surface area contributed by atoms with E-state index in [2.05, 4.69) is 18.7 Å². The van der Waals surface area contributed by atoms with Crippen LogP contribution in [0.2, 0.25) is 0 Å². The highest BCUT2D eigenvalue weighted by Gasteiger charge is 2.21. The molecule has 1 unspecified atom stereocenters. The maximum Gasteiger partial charge on any atom is 0.00952 e. The summed E-state index contributed by atoms with van der Waals surface area (Å²) in [4.78, 5) is 2.76. The second-order valence-electron chi connectivity index (χ2n) is 6.37. The summed E-state index contributed by atoms with van der Waals surface area (Å²) in [6, 6.07) is 1.29. The van der Waals surface area contributed by atoms with E-state index >= 15 is 0 Å². The van der Waals surface area contributed by atoms with Crippen molar-refractivity contribution in [2.24, 2.45) is 5.73 Å². The molecule has 0 bridgehead atoms. The fourth-order valence-electron chi connectivity index (χ4n) is 3.28. The molecule has 0 spiro atoms. The van der Waals surface area contributed by atoms with Gasteiger partial charge in [0.05, 0.1) is 0 Å². The third kappa shape index (κ3) is 7.31. The zero-order chi connectivity index (χ0) is 13.9. The summed E-state index contributed by atoms with van der Waals surface area (Å²) < 4.78 is 0. The van der Waals surface area contributed by atoms with Gasteiger partial charge in [-0.15, -0.1) is 0 Å². The molecule has 2 heteroatoms. The van der Waals surface area contributed by atoms with E-state index in [0.717, 1.165) is 6.04 Å². The van der Waals surface area contributed by atoms with Gasteiger partial charge in [0, 0.05) is 12.1 Å². The van der Waals surface area contributed by atoms with E-state index < -0.39 is 0 Å². The number of nitrogens with two attached hydrogens (primary N) is 1. The lowest BCUT2D eigenvalue weighted by atomic mass is 10.00. The van der Waals surface area contributed by atoms with Crippen molar-refractivity contribution in [2.45, 2.75) is 96.6 Å². The van der Waals surface area contributed by atoms with Gasteiger partial charge >= 0.3 is 0 Å². The number of rotatable bonds is 9. The molecular weight excluding hydrogens is 232 g/mol. The Labute approximate surface area is 121 Å². The Kier molecular flexibility index (Phi) is 9.54. The van der Waals surface area contributed by atoms with Gasteiger partial charge in [-0.25, -0.2) is 0 Å². The topological polar surface area (TPSA) is 29.3 Å². The molecule has 1 saturated heterocycles. The highest BCUT2D eigenvalue weighted by Crippen LogP contribution is 2.20. The molecule has 0 saturated carbocycles. The third-order valence-corrected chi connectivity index (χ3v) is 4.61. The van der Waals surface area contributed by atoms with Crippen LogP contribution in [-0.2, 0) is 0 Å². The lowest BCUT2D eigenvalue weighted by Gasteiger charge is -2.31. The molecule has 0 aromatic rings. The third-order valence-electron chi connectivity index (χ3n) is 4.61. The van der Waals surface area contributed by atoms with Gasteiger partial charge in [-0.05, 0) is 45.2 Å². The predicted molar refractivity (Wildman–Crippen MR) is 85.5 cm³/mol. The van der Waals surface area contributed by atoms with Crippen molar-refractivity contribution in [3.05, 3.63) is 0 Å². The Morgan fingerprint density at radius 2 is 1.58 bits per heavy atom. The van der Waals surface area contributed by atoms with Gasteiger partial charge in [0.2, 0.25) is 0 Å². The van der Waals surface area contributed by atoms with Crippen LogP contribution in [0.4, 0.5) is 0 Å². The van der Waals surface area contributed by atoms with Crippen molar-refractivity contribution in [1.29, 1.82) is 0 Å². The van der Waals surface area contributed by atoms with Crippen molar-refractivity contribution >= 4 is 0 Å². The summed E-state index contributed by atoms with van der Waals surface area (Å²) in [6.07, 6.45) is 14.9. The van der Waals surface area contributed by atoms with E-state index in [9.17, 15) is 0 Å². The maximum atomic E-state index is 6.11. The zero-order valence-corrected chi connectivity index (χ0v) is 13.4. The molecule has 1 atom stereocenters. The van der Waals surface area contributed by atoms with E-state index in [-0.39, 0.29) is 0 Å². The first-order valence-corrected chi connectivity index (χ1v) is 8.77. The zero-order valence-electron chi connectivity index (χ0n) is 13.4. The van der Waals surface area contributed by atoms with Gasteiger partial charge in [0.1, 0.15) is 0 Å². The molecule has 0 aromatic heterocycles. The van der Waals surface area contributed by atoms with Crippen LogP contribution in [0.1, 0.15) is 84.5 Å². The van der Waals surface area contributed by atoms with E-state index in [1.54, 1.807) is 0 Å². The molecule has 2 N–H and O–H groups in total. The Balaban J connectivity index is 2.39. The van der Waals surface area contributed by atoms with E-state index in [1.165, 1.54) is 83.7 Å². The highest BCUT2D eigenvalue weighted by atomic mass is 15.2. The summed E-state index contributed by atoms with van der Waals surface area (Å²) >= 11 is 0. The van der Waals surface area contributed by atoms with Crippen molar-refractivity contribution < 1.29 is 0 Å². The minimum atomic E-state index is 0.455. The van der Waals surface area contributed by atoms with E-state index in [4.69, 9.17) is 5.73 Å². The largest absolute Gasteiger partial charge is 0.328 e. The number of hydrogen-bond donors (Lipinski definition) is 1. The monoisotopic (exact) mass is 268 g/mol. The van der Waals surface area contributed by atoms with Gasteiger partial charge in [-0.2, -0.15) is 0 Å². The summed E-state index contributed by atoms with van der Waals surface area (Å²) in [7, 11) is 0. The van der Waals surface area contributed by atoms with E-state index in [1.807, 2.05) is 0 Å². The molecule has 1 fully saturated rings. The van der Waals surface area contributed by atoms with E-state index in [0.29, 0.717) is 6.04 Å². The molecule has 114 valence electrons. The van der Waals surface area contributed by atoms with Crippen molar-refractivity contribution in [2.75, 3.05) is 13.1 Å². The van der Waals surface area contributed by atoms with Crippen molar-refractivity contribution in [1.82, 2.24) is 4.90 Å². The molecule has 0 aliphatic carbocycles. The molecule has 0 radical (unpaired) electrons.